The number of nitrogens with one attached hydrogen (secondary N) is 1. The highest BCUT2D eigenvalue weighted by atomic mass is 16.5. The predicted molar refractivity (Wildman–Crippen MR) is 90.3 cm³/mol. The van der Waals surface area contributed by atoms with Crippen molar-refractivity contribution >= 4 is 5.91 Å². The van der Waals surface area contributed by atoms with Crippen molar-refractivity contribution in [2.24, 2.45) is 0 Å². The average Bonchev–Trinajstić information content (AvgIpc) is 3.18. The second-order valence-electron chi connectivity index (χ2n) is 5.37. The van der Waals surface area contributed by atoms with Crippen molar-refractivity contribution in [2.75, 3.05) is 14.2 Å². The number of aliphatic hydroxyl groups excluding tert-OH is 1. The Labute approximate surface area is 142 Å². The highest BCUT2D eigenvalue weighted by Crippen LogP contribution is 2.18. The van der Waals surface area contributed by atoms with Crippen molar-refractivity contribution in [1.82, 2.24) is 24.8 Å². The summed E-state index contributed by atoms with van der Waals surface area (Å²) in [6.45, 7) is 0. The fourth-order valence-corrected chi connectivity index (χ4v) is 2.64. The van der Waals surface area contributed by atoms with E-state index < -0.39 is 0 Å². The van der Waals surface area contributed by atoms with E-state index in [0.717, 1.165) is 32.8 Å². The van der Waals surface area contributed by atoms with Crippen LogP contribution in [0.15, 0.2) is 24.8 Å². The Balaban J connectivity index is 0.00000101. The van der Waals surface area contributed by atoms with Gasteiger partial charge >= 0.3 is 0 Å². The lowest BCUT2D eigenvalue weighted by atomic mass is 9.95. The maximum Gasteiger partial charge on any atom is 0.289 e. The number of methoxy groups -OCH3 is 1. The second kappa shape index (κ2) is 8.97. The minimum absolute atomic E-state index is 0. The van der Waals surface area contributed by atoms with Crippen LogP contribution in [0.4, 0.5) is 0 Å². The zero-order valence-corrected chi connectivity index (χ0v) is 14.0. The number of imidazole rings is 1. The van der Waals surface area contributed by atoms with E-state index in [9.17, 15) is 4.79 Å². The molecule has 1 aliphatic rings. The molecule has 1 fully saturated rings. The molecule has 0 aromatic carbocycles. The molecule has 8 heteroatoms. The second-order valence-corrected chi connectivity index (χ2v) is 5.37. The zero-order valence-electron chi connectivity index (χ0n) is 14.0. The number of hydrogen-bond donors (Lipinski definition) is 2. The van der Waals surface area contributed by atoms with E-state index in [4.69, 9.17) is 9.84 Å². The quantitative estimate of drug-likeness (QED) is 0.879. The Bertz CT molecular complexity index is 645. The molecule has 0 atom stereocenters. The van der Waals surface area contributed by atoms with Crippen LogP contribution < -0.4 is 10.1 Å². The van der Waals surface area contributed by atoms with Gasteiger partial charge in [0.2, 0.25) is 11.7 Å². The highest BCUT2D eigenvalue weighted by Gasteiger charge is 2.19. The van der Waals surface area contributed by atoms with Crippen molar-refractivity contribution in [2.45, 2.75) is 38.1 Å². The van der Waals surface area contributed by atoms with E-state index in [2.05, 4.69) is 20.3 Å². The molecule has 2 aromatic heterocycles. The standard InChI is InChI=1S/C15H19N5O2.CH4O.H2/c1-22-13-9-12(20-8-7-16-10-20)18-14(19-13)15(21)17-11-5-3-2-4-6-11;1-2;/h7-11H,2-6H2,1H3,(H,17,21);2H,1H3;1H. The third-order valence-corrected chi connectivity index (χ3v) is 3.81. The summed E-state index contributed by atoms with van der Waals surface area (Å²) in [6.07, 6.45) is 10.6. The van der Waals surface area contributed by atoms with Gasteiger partial charge in [0, 0.05) is 33.0 Å². The van der Waals surface area contributed by atoms with E-state index in [-0.39, 0.29) is 19.2 Å². The van der Waals surface area contributed by atoms with Gasteiger partial charge in [-0.2, -0.15) is 4.98 Å². The predicted octanol–water partition coefficient (Wildman–Crippen LogP) is 1.59. The minimum Gasteiger partial charge on any atom is -0.481 e. The van der Waals surface area contributed by atoms with E-state index in [1.165, 1.54) is 13.5 Å². The largest absolute Gasteiger partial charge is 0.481 e. The lowest BCUT2D eigenvalue weighted by Crippen LogP contribution is -2.37. The van der Waals surface area contributed by atoms with Gasteiger partial charge in [-0.05, 0) is 12.8 Å². The summed E-state index contributed by atoms with van der Waals surface area (Å²) < 4.78 is 6.88. The molecular formula is C16H25N5O3. The van der Waals surface area contributed by atoms with Gasteiger partial charge in [-0.1, -0.05) is 19.3 Å². The summed E-state index contributed by atoms with van der Waals surface area (Å²) in [4.78, 5) is 24.8. The van der Waals surface area contributed by atoms with E-state index in [1.807, 2.05) is 0 Å². The third kappa shape index (κ3) is 4.51. The monoisotopic (exact) mass is 335 g/mol. The number of nitrogens with zero attached hydrogens (tertiary/aromatic N) is 4. The highest BCUT2D eigenvalue weighted by molar-refractivity contribution is 5.91. The Morgan fingerprint density at radius 3 is 2.71 bits per heavy atom. The molecule has 2 aromatic rings. The van der Waals surface area contributed by atoms with Crippen LogP contribution in [0.3, 0.4) is 0 Å². The molecule has 0 saturated heterocycles. The first-order chi connectivity index (χ1) is 11.8. The number of rotatable bonds is 4. The smallest absolute Gasteiger partial charge is 0.289 e. The molecule has 0 spiro atoms. The number of ether oxygens (including phenoxy) is 1. The zero-order chi connectivity index (χ0) is 17.4. The molecule has 0 radical (unpaired) electrons. The van der Waals surface area contributed by atoms with Gasteiger partial charge < -0.3 is 15.2 Å². The molecule has 0 aliphatic heterocycles. The summed E-state index contributed by atoms with van der Waals surface area (Å²) in [6, 6.07) is 1.88. The van der Waals surface area contributed by atoms with Gasteiger partial charge in [0.05, 0.1) is 7.11 Å². The van der Waals surface area contributed by atoms with Crippen molar-refractivity contribution in [3.63, 3.8) is 0 Å². The molecule has 2 heterocycles. The number of hydrogen-bond acceptors (Lipinski definition) is 6. The van der Waals surface area contributed by atoms with Gasteiger partial charge in [-0.3, -0.25) is 9.36 Å². The summed E-state index contributed by atoms with van der Waals surface area (Å²) in [5, 5.41) is 10.0. The molecule has 0 unspecified atom stereocenters. The fraction of sp³-hybridized carbons (Fsp3) is 0.500. The van der Waals surface area contributed by atoms with Crippen LogP contribution >= 0.6 is 0 Å². The maximum atomic E-state index is 12.4. The first-order valence-corrected chi connectivity index (χ1v) is 7.93. The molecule has 3 rings (SSSR count). The fourth-order valence-electron chi connectivity index (χ4n) is 2.64. The van der Waals surface area contributed by atoms with Crippen LogP contribution in [0.2, 0.25) is 0 Å². The van der Waals surface area contributed by atoms with E-state index in [1.54, 1.807) is 29.4 Å². The van der Waals surface area contributed by atoms with E-state index >= 15 is 0 Å². The SMILES string of the molecule is CO.COc1cc(-n2ccnc2)nc(C(=O)NC2CCCCC2)n1.[HH]. The number of amides is 1. The molecule has 132 valence electrons. The minimum atomic E-state index is -0.257. The van der Waals surface area contributed by atoms with Crippen molar-refractivity contribution in [1.29, 1.82) is 0 Å². The summed E-state index contributed by atoms with van der Waals surface area (Å²) in [5.41, 5.74) is 0. The number of carbonyl (C=O) groups is 1. The van der Waals surface area contributed by atoms with Crippen molar-refractivity contribution in [3.8, 4) is 11.7 Å². The van der Waals surface area contributed by atoms with Crippen LogP contribution in [0.1, 0.15) is 44.1 Å². The molecule has 2 N–H and O–H groups in total. The summed E-state index contributed by atoms with van der Waals surface area (Å²) in [7, 11) is 2.52. The Morgan fingerprint density at radius 1 is 1.33 bits per heavy atom. The Kier molecular flexibility index (Phi) is 6.68. The Hall–Kier alpha value is -2.48. The van der Waals surface area contributed by atoms with Gasteiger partial charge in [0.15, 0.2) is 0 Å². The third-order valence-electron chi connectivity index (χ3n) is 3.81. The number of aromatic nitrogens is 4. The normalized spacial score (nSPS) is 14.5. The molecule has 0 bridgehead atoms. The number of aliphatic hydroxyl groups is 1. The molecule has 1 aliphatic carbocycles. The van der Waals surface area contributed by atoms with Crippen LogP contribution in [0.5, 0.6) is 5.88 Å². The summed E-state index contributed by atoms with van der Waals surface area (Å²) >= 11 is 0. The topological polar surface area (TPSA) is 102 Å². The maximum absolute atomic E-state index is 12.4. The van der Waals surface area contributed by atoms with E-state index in [0.29, 0.717) is 11.7 Å². The number of carbonyl (C=O) groups excluding carboxylic acids is 1. The van der Waals surface area contributed by atoms with Crippen molar-refractivity contribution in [3.05, 3.63) is 30.6 Å². The lowest BCUT2D eigenvalue weighted by Gasteiger charge is -2.22. The van der Waals surface area contributed by atoms with Gasteiger partial charge in [-0.25, -0.2) is 9.97 Å². The molecule has 8 nitrogen and oxygen atoms in total. The van der Waals surface area contributed by atoms with Gasteiger partial charge in [0.25, 0.3) is 5.91 Å². The van der Waals surface area contributed by atoms with Crippen LogP contribution in [0, 0.1) is 0 Å². The van der Waals surface area contributed by atoms with Crippen molar-refractivity contribution < 1.29 is 16.1 Å². The van der Waals surface area contributed by atoms with Gasteiger partial charge in [0.1, 0.15) is 12.1 Å². The molecule has 1 amide bonds. The first-order valence-electron chi connectivity index (χ1n) is 7.93. The van der Waals surface area contributed by atoms with Crippen LogP contribution in [-0.4, -0.2) is 50.8 Å². The van der Waals surface area contributed by atoms with Crippen LogP contribution in [-0.2, 0) is 0 Å². The molecule has 1 saturated carbocycles. The molecular weight excluding hydrogens is 310 g/mol. The molecule has 24 heavy (non-hydrogen) atoms. The average molecular weight is 335 g/mol. The Morgan fingerprint density at radius 2 is 2.08 bits per heavy atom. The van der Waals surface area contributed by atoms with Gasteiger partial charge in [-0.15, -0.1) is 0 Å². The first kappa shape index (κ1) is 17.9. The summed E-state index contributed by atoms with van der Waals surface area (Å²) in [5.74, 6) is 0.770. The lowest BCUT2D eigenvalue weighted by molar-refractivity contribution is 0.0916. The van der Waals surface area contributed by atoms with Crippen LogP contribution in [0.25, 0.3) is 5.82 Å².